The summed E-state index contributed by atoms with van der Waals surface area (Å²) in [5.74, 6) is 0.192. The van der Waals surface area contributed by atoms with E-state index in [9.17, 15) is 9.90 Å². The molecule has 3 heterocycles. The van der Waals surface area contributed by atoms with Gasteiger partial charge in [-0.3, -0.25) is 14.6 Å². The molecule has 2 aromatic rings. The maximum atomic E-state index is 11.6. The van der Waals surface area contributed by atoms with Crippen LogP contribution in [0.4, 0.5) is 0 Å². The Morgan fingerprint density at radius 1 is 1.41 bits per heavy atom. The van der Waals surface area contributed by atoms with E-state index in [0.717, 1.165) is 25.5 Å². The second kappa shape index (κ2) is 6.33. The molecule has 7 nitrogen and oxygen atoms in total. The van der Waals surface area contributed by atoms with Crippen LogP contribution < -0.4 is 0 Å². The molecule has 0 unspecified atom stereocenters. The first kappa shape index (κ1) is 14.8. The van der Waals surface area contributed by atoms with Gasteiger partial charge in [-0.15, -0.1) is 0 Å². The third-order valence-corrected chi connectivity index (χ3v) is 4.15. The van der Waals surface area contributed by atoms with Gasteiger partial charge < -0.3 is 14.1 Å². The summed E-state index contributed by atoms with van der Waals surface area (Å²) >= 11 is 0. The van der Waals surface area contributed by atoms with Crippen molar-refractivity contribution in [3.8, 4) is 0 Å². The van der Waals surface area contributed by atoms with Crippen LogP contribution in [-0.2, 0) is 18.4 Å². The summed E-state index contributed by atoms with van der Waals surface area (Å²) in [5.41, 5.74) is 0.699. The van der Waals surface area contributed by atoms with E-state index in [2.05, 4.69) is 9.88 Å². The molecule has 1 N–H and O–H groups in total. The number of carboxylic acid groups (broad SMARTS) is 1. The zero-order valence-corrected chi connectivity index (χ0v) is 12.6. The summed E-state index contributed by atoms with van der Waals surface area (Å²) in [6.07, 6.45) is 6.76. The van der Waals surface area contributed by atoms with E-state index in [1.165, 1.54) is 12.5 Å². The van der Waals surface area contributed by atoms with Gasteiger partial charge in [0.25, 0.3) is 0 Å². The number of aromatic nitrogens is 2. The molecule has 0 radical (unpaired) electrons. The molecule has 0 aromatic carbocycles. The molecule has 7 heteroatoms. The van der Waals surface area contributed by atoms with Crippen molar-refractivity contribution in [3.05, 3.63) is 42.4 Å². The Hall–Kier alpha value is -2.12. The number of aliphatic carboxylic acids is 1. The van der Waals surface area contributed by atoms with E-state index in [-0.39, 0.29) is 0 Å². The molecule has 0 spiro atoms. The number of furan rings is 1. The first-order valence-electron chi connectivity index (χ1n) is 7.32. The Labute approximate surface area is 128 Å². The van der Waals surface area contributed by atoms with Crippen molar-refractivity contribution in [3.63, 3.8) is 0 Å². The van der Waals surface area contributed by atoms with Crippen molar-refractivity contribution in [2.24, 2.45) is 7.05 Å². The van der Waals surface area contributed by atoms with Crippen LogP contribution in [0, 0.1) is 0 Å². The lowest BCUT2D eigenvalue weighted by Gasteiger charge is -2.37. The van der Waals surface area contributed by atoms with Crippen LogP contribution in [0.5, 0.6) is 0 Å². The molecule has 0 amide bonds. The molecule has 0 bridgehead atoms. The maximum Gasteiger partial charge on any atom is 0.325 e. The minimum absolute atomic E-state index is 0.630. The van der Waals surface area contributed by atoms with E-state index in [4.69, 9.17) is 4.42 Å². The van der Waals surface area contributed by atoms with Gasteiger partial charge in [-0.1, -0.05) is 0 Å². The van der Waals surface area contributed by atoms with Gasteiger partial charge in [0, 0.05) is 51.2 Å². The number of hydrogen-bond donors (Lipinski definition) is 1. The van der Waals surface area contributed by atoms with Crippen molar-refractivity contribution in [2.75, 3.05) is 26.2 Å². The van der Waals surface area contributed by atoms with E-state index in [1.54, 1.807) is 12.3 Å². The minimum Gasteiger partial charge on any atom is -0.480 e. The van der Waals surface area contributed by atoms with Crippen molar-refractivity contribution >= 4 is 5.97 Å². The first-order chi connectivity index (χ1) is 10.6. The monoisotopic (exact) mass is 304 g/mol. The molecule has 2 aromatic heterocycles. The molecule has 1 saturated heterocycles. The number of piperazine rings is 1. The highest BCUT2D eigenvalue weighted by molar-refractivity contribution is 5.75. The molecule has 3 rings (SSSR count). The lowest BCUT2D eigenvalue weighted by molar-refractivity contribution is -0.144. The van der Waals surface area contributed by atoms with Gasteiger partial charge in [0.15, 0.2) is 0 Å². The summed E-state index contributed by atoms with van der Waals surface area (Å²) in [6, 6.07) is 1.09. The number of carbonyl (C=O) groups is 1. The lowest BCUT2D eigenvalue weighted by atomic mass is 10.1. The van der Waals surface area contributed by atoms with Crippen LogP contribution in [0.15, 0.2) is 35.4 Å². The summed E-state index contributed by atoms with van der Waals surface area (Å²) in [4.78, 5) is 20.2. The number of carboxylic acids is 1. The molecule has 22 heavy (non-hydrogen) atoms. The van der Waals surface area contributed by atoms with E-state index in [0.29, 0.717) is 18.7 Å². The summed E-state index contributed by atoms with van der Waals surface area (Å²) in [7, 11) is 1.98. The van der Waals surface area contributed by atoms with Crippen molar-refractivity contribution in [1.29, 1.82) is 0 Å². The molecule has 1 atom stereocenters. The standard InChI is InChI=1S/C15H20N4O3/c1-17-4-3-16-13(17)10-18-5-7-19(8-6-18)14(15(20)21)12-2-9-22-11-12/h2-4,9,11,14H,5-8,10H2,1H3,(H,20,21)/t14-/m0/s1. The van der Waals surface area contributed by atoms with Gasteiger partial charge in [0.1, 0.15) is 11.9 Å². The second-order valence-corrected chi connectivity index (χ2v) is 5.56. The van der Waals surface area contributed by atoms with Gasteiger partial charge in [-0.25, -0.2) is 4.98 Å². The van der Waals surface area contributed by atoms with Gasteiger partial charge in [-0.2, -0.15) is 0 Å². The molecule has 1 fully saturated rings. The van der Waals surface area contributed by atoms with E-state index < -0.39 is 12.0 Å². The van der Waals surface area contributed by atoms with Crippen LogP contribution in [0.2, 0.25) is 0 Å². The minimum atomic E-state index is -0.834. The normalized spacial score (nSPS) is 18.4. The average molecular weight is 304 g/mol. The van der Waals surface area contributed by atoms with Crippen LogP contribution in [0.1, 0.15) is 17.4 Å². The molecule has 0 saturated carbocycles. The van der Waals surface area contributed by atoms with Gasteiger partial charge in [0.05, 0.1) is 19.1 Å². The van der Waals surface area contributed by atoms with Crippen LogP contribution in [0.3, 0.4) is 0 Å². The third kappa shape index (κ3) is 3.05. The molecular weight excluding hydrogens is 284 g/mol. The quantitative estimate of drug-likeness (QED) is 0.887. The predicted molar refractivity (Wildman–Crippen MR) is 79.1 cm³/mol. The summed E-state index contributed by atoms with van der Waals surface area (Å²) < 4.78 is 7.04. The summed E-state index contributed by atoms with van der Waals surface area (Å²) in [6.45, 7) is 3.88. The Morgan fingerprint density at radius 3 is 2.73 bits per heavy atom. The van der Waals surface area contributed by atoms with Crippen molar-refractivity contribution in [2.45, 2.75) is 12.6 Å². The molecule has 118 valence electrons. The van der Waals surface area contributed by atoms with Crippen molar-refractivity contribution < 1.29 is 14.3 Å². The zero-order chi connectivity index (χ0) is 15.5. The SMILES string of the molecule is Cn1ccnc1CN1CCN([C@H](C(=O)O)c2ccoc2)CC1. The Bertz CT molecular complexity index is 615. The van der Waals surface area contributed by atoms with Gasteiger partial charge >= 0.3 is 5.97 Å². The number of aryl methyl sites for hydroxylation is 1. The Kier molecular flexibility index (Phi) is 4.26. The largest absolute Gasteiger partial charge is 0.480 e. The lowest BCUT2D eigenvalue weighted by Crippen LogP contribution is -2.49. The van der Waals surface area contributed by atoms with Crippen LogP contribution in [-0.4, -0.2) is 56.6 Å². The Morgan fingerprint density at radius 2 is 2.18 bits per heavy atom. The highest BCUT2D eigenvalue weighted by Gasteiger charge is 2.31. The fraction of sp³-hybridized carbons (Fsp3) is 0.467. The highest BCUT2D eigenvalue weighted by Crippen LogP contribution is 2.23. The molecule has 0 aliphatic carbocycles. The smallest absolute Gasteiger partial charge is 0.325 e. The van der Waals surface area contributed by atoms with Gasteiger partial charge in [-0.05, 0) is 6.07 Å². The van der Waals surface area contributed by atoms with Crippen LogP contribution in [0.25, 0.3) is 0 Å². The molecule has 1 aliphatic rings. The number of nitrogens with zero attached hydrogens (tertiary/aromatic N) is 4. The second-order valence-electron chi connectivity index (χ2n) is 5.56. The zero-order valence-electron chi connectivity index (χ0n) is 12.6. The average Bonchev–Trinajstić information content (AvgIpc) is 3.14. The van der Waals surface area contributed by atoms with Gasteiger partial charge in [0.2, 0.25) is 0 Å². The number of rotatable bonds is 5. The molecule has 1 aliphatic heterocycles. The highest BCUT2D eigenvalue weighted by atomic mass is 16.4. The number of imidazole rings is 1. The number of hydrogen-bond acceptors (Lipinski definition) is 5. The maximum absolute atomic E-state index is 11.6. The fourth-order valence-corrected chi connectivity index (χ4v) is 2.87. The van der Waals surface area contributed by atoms with E-state index >= 15 is 0 Å². The van der Waals surface area contributed by atoms with Crippen LogP contribution >= 0.6 is 0 Å². The van der Waals surface area contributed by atoms with Crippen molar-refractivity contribution in [1.82, 2.24) is 19.4 Å². The fourth-order valence-electron chi connectivity index (χ4n) is 2.87. The topological polar surface area (TPSA) is 74.7 Å². The summed E-state index contributed by atoms with van der Waals surface area (Å²) in [5, 5.41) is 9.50. The Balaban J connectivity index is 1.61. The predicted octanol–water partition coefficient (Wildman–Crippen LogP) is 0.957. The third-order valence-electron chi connectivity index (χ3n) is 4.15. The van der Waals surface area contributed by atoms with E-state index in [1.807, 2.05) is 22.7 Å². The first-order valence-corrected chi connectivity index (χ1v) is 7.32. The molecular formula is C15H20N4O3.